The molecule has 0 aliphatic rings. The fourth-order valence-electron chi connectivity index (χ4n) is 2.35. The summed E-state index contributed by atoms with van der Waals surface area (Å²) in [4.78, 5) is 59.1. The maximum absolute atomic E-state index is 12.7. The second kappa shape index (κ2) is 12.7. The average molecular weight is 415 g/mol. The van der Waals surface area contributed by atoms with Crippen LogP contribution >= 0.6 is 0 Å². The molecule has 4 amide bonds. The van der Waals surface area contributed by atoms with Gasteiger partial charge in [0, 0.05) is 6.42 Å². The Balaban J connectivity index is 5.37. The Bertz CT molecular complexity index is 610. The number of rotatable bonds is 13. The zero-order valence-corrected chi connectivity index (χ0v) is 17.4. The Labute approximate surface area is 170 Å². The highest BCUT2D eigenvalue weighted by molar-refractivity contribution is 5.94. The van der Waals surface area contributed by atoms with Gasteiger partial charge in [-0.1, -0.05) is 34.1 Å². The van der Waals surface area contributed by atoms with E-state index >= 15 is 0 Å². The number of nitrogens with two attached hydrogens (primary N) is 2. The van der Waals surface area contributed by atoms with E-state index in [1.807, 2.05) is 6.92 Å². The molecule has 0 aliphatic heterocycles. The molecule has 0 heterocycles. The van der Waals surface area contributed by atoms with Crippen LogP contribution in [0.15, 0.2) is 0 Å². The monoisotopic (exact) mass is 415 g/mol. The molecule has 0 rings (SSSR count). The van der Waals surface area contributed by atoms with E-state index in [2.05, 4.69) is 16.0 Å². The summed E-state index contributed by atoms with van der Waals surface area (Å²) in [7, 11) is 0. The van der Waals surface area contributed by atoms with Crippen LogP contribution in [-0.4, -0.2) is 59.4 Å². The van der Waals surface area contributed by atoms with Crippen molar-refractivity contribution in [2.24, 2.45) is 23.3 Å². The fraction of sp³-hybridized carbons (Fsp3) is 0.722. The van der Waals surface area contributed by atoms with Crippen LogP contribution in [0.3, 0.4) is 0 Å². The number of carboxylic acid groups (broad SMARTS) is 1. The van der Waals surface area contributed by atoms with Gasteiger partial charge in [0.2, 0.25) is 23.6 Å². The standard InChI is InChI=1S/C18H33N5O6/c1-5-10(4)15(18(29)21-8-13(25)26)23-16(27)11(6-7-12(19)24)22-17(28)14(20)9(2)3/h9-11,14-15H,5-8,20H2,1-4H3,(H2,19,24)(H,21,29)(H,22,28)(H,23,27)(H,25,26). The highest BCUT2D eigenvalue weighted by Crippen LogP contribution is 2.10. The number of amides is 4. The van der Waals surface area contributed by atoms with Crippen molar-refractivity contribution in [3.8, 4) is 0 Å². The van der Waals surface area contributed by atoms with Crippen molar-refractivity contribution in [3.05, 3.63) is 0 Å². The van der Waals surface area contributed by atoms with Crippen molar-refractivity contribution >= 4 is 29.6 Å². The minimum Gasteiger partial charge on any atom is -0.480 e. The van der Waals surface area contributed by atoms with Crippen LogP contribution in [-0.2, 0) is 24.0 Å². The maximum Gasteiger partial charge on any atom is 0.322 e. The molecule has 0 aliphatic carbocycles. The van der Waals surface area contributed by atoms with Gasteiger partial charge in [-0.05, 0) is 18.3 Å². The van der Waals surface area contributed by atoms with Gasteiger partial charge in [-0.2, -0.15) is 0 Å². The van der Waals surface area contributed by atoms with Gasteiger partial charge in [-0.3, -0.25) is 24.0 Å². The molecule has 4 unspecified atom stereocenters. The Kier molecular flexibility index (Phi) is 11.5. The lowest BCUT2D eigenvalue weighted by Crippen LogP contribution is -2.58. The lowest BCUT2D eigenvalue weighted by atomic mass is 9.97. The van der Waals surface area contributed by atoms with Gasteiger partial charge in [0.1, 0.15) is 18.6 Å². The molecular formula is C18H33N5O6. The van der Waals surface area contributed by atoms with Crippen LogP contribution < -0.4 is 27.4 Å². The molecule has 4 atom stereocenters. The second-order valence-corrected chi connectivity index (χ2v) is 7.32. The number of hydrogen-bond donors (Lipinski definition) is 6. The third-order valence-corrected chi connectivity index (χ3v) is 4.54. The van der Waals surface area contributed by atoms with Gasteiger partial charge in [0.25, 0.3) is 0 Å². The Morgan fingerprint density at radius 2 is 1.55 bits per heavy atom. The van der Waals surface area contributed by atoms with E-state index in [0.29, 0.717) is 6.42 Å². The number of carbonyl (C=O) groups is 5. The van der Waals surface area contributed by atoms with Crippen LogP contribution in [0.5, 0.6) is 0 Å². The number of primary amides is 1. The number of carboxylic acids is 1. The van der Waals surface area contributed by atoms with Crippen LogP contribution in [0.4, 0.5) is 0 Å². The first-order chi connectivity index (χ1) is 13.4. The molecule has 166 valence electrons. The summed E-state index contributed by atoms with van der Waals surface area (Å²) in [5.74, 6) is -4.27. The topological polar surface area (TPSA) is 194 Å². The first-order valence-corrected chi connectivity index (χ1v) is 9.54. The van der Waals surface area contributed by atoms with Crippen LogP contribution in [0.1, 0.15) is 47.0 Å². The number of aliphatic carboxylic acids is 1. The first-order valence-electron chi connectivity index (χ1n) is 9.54. The highest BCUT2D eigenvalue weighted by Gasteiger charge is 2.31. The summed E-state index contributed by atoms with van der Waals surface area (Å²) < 4.78 is 0. The van der Waals surface area contributed by atoms with E-state index in [1.54, 1.807) is 20.8 Å². The number of hydrogen-bond acceptors (Lipinski definition) is 6. The number of carbonyl (C=O) groups excluding carboxylic acids is 4. The van der Waals surface area contributed by atoms with Crippen molar-refractivity contribution < 1.29 is 29.1 Å². The SMILES string of the molecule is CCC(C)C(NC(=O)C(CCC(N)=O)NC(=O)C(N)C(C)C)C(=O)NCC(=O)O. The molecule has 0 radical (unpaired) electrons. The smallest absolute Gasteiger partial charge is 0.322 e. The molecule has 0 saturated carbocycles. The zero-order chi connectivity index (χ0) is 22.7. The van der Waals surface area contributed by atoms with Crippen LogP contribution in [0, 0.1) is 11.8 Å². The van der Waals surface area contributed by atoms with Gasteiger partial charge in [-0.15, -0.1) is 0 Å². The van der Waals surface area contributed by atoms with Crippen molar-refractivity contribution in [1.82, 2.24) is 16.0 Å². The summed E-state index contributed by atoms with van der Waals surface area (Å²) in [6.45, 7) is 6.43. The number of nitrogens with one attached hydrogen (secondary N) is 3. The van der Waals surface area contributed by atoms with Crippen LogP contribution in [0.25, 0.3) is 0 Å². The average Bonchev–Trinajstić information content (AvgIpc) is 2.65. The summed E-state index contributed by atoms with van der Waals surface area (Å²) in [5, 5.41) is 16.0. The Morgan fingerprint density at radius 3 is 2.00 bits per heavy atom. The fourth-order valence-corrected chi connectivity index (χ4v) is 2.35. The van der Waals surface area contributed by atoms with Crippen molar-refractivity contribution in [2.45, 2.75) is 65.1 Å². The minimum atomic E-state index is -1.22. The van der Waals surface area contributed by atoms with Gasteiger partial charge in [0.15, 0.2) is 0 Å². The van der Waals surface area contributed by atoms with Gasteiger partial charge >= 0.3 is 5.97 Å². The molecule has 0 aromatic carbocycles. The lowest BCUT2D eigenvalue weighted by molar-refractivity contribution is -0.139. The molecule has 8 N–H and O–H groups in total. The second-order valence-electron chi connectivity index (χ2n) is 7.32. The summed E-state index contributed by atoms with van der Waals surface area (Å²) in [6, 6.07) is -3.00. The zero-order valence-electron chi connectivity index (χ0n) is 17.4. The highest BCUT2D eigenvalue weighted by atomic mass is 16.4. The molecule has 11 heteroatoms. The molecule has 29 heavy (non-hydrogen) atoms. The third-order valence-electron chi connectivity index (χ3n) is 4.54. The van der Waals surface area contributed by atoms with E-state index in [9.17, 15) is 24.0 Å². The van der Waals surface area contributed by atoms with Gasteiger partial charge < -0.3 is 32.5 Å². The minimum absolute atomic E-state index is 0.0678. The molecule has 0 fully saturated rings. The third kappa shape index (κ3) is 9.88. The molecule has 0 spiro atoms. The molecule has 0 aromatic heterocycles. The van der Waals surface area contributed by atoms with Gasteiger partial charge in [0.05, 0.1) is 6.04 Å². The molecule has 0 aromatic rings. The van der Waals surface area contributed by atoms with E-state index in [0.717, 1.165) is 0 Å². The van der Waals surface area contributed by atoms with Gasteiger partial charge in [-0.25, -0.2) is 0 Å². The molecule has 11 nitrogen and oxygen atoms in total. The predicted octanol–water partition coefficient (Wildman–Crippen LogP) is -1.55. The molecule has 0 saturated heterocycles. The summed E-state index contributed by atoms with van der Waals surface area (Å²) >= 11 is 0. The van der Waals surface area contributed by atoms with Crippen molar-refractivity contribution in [3.63, 3.8) is 0 Å². The summed E-state index contributed by atoms with van der Waals surface area (Å²) in [5.41, 5.74) is 10.9. The van der Waals surface area contributed by atoms with E-state index < -0.39 is 54.3 Å². The quantitative estimate of drug-likeness (QED) is 0.209. The normalized spacial score (nSPS) is 15.0. The largest absolute Gasteiger partial charge is 0.480 e. The Morgan fingerprint density at radius 1 is 0.966 bits per heavy atom. The molecule has 0 bridgehead atoms. The van der Waals surface area contributed by atoms with E-state index in [1.165, 1.54) is 0 Å². The van der Waals surface area contributed by atoms with E-state index in [-0.39, 0.29) is 24.7 Å². The van der Waals surface area contributed by atoms with Crippen LogP contribution in [0.2, 0.25) is 0 Å². The maximum atomic E-state index is 12.7. The predicted molar refractivity (Wildman–Crippen MR) is 105 cm³/mol. The summed E-state index contributed by atoms with van der Waals surface area (Å²) in [6.07, 6.45) is 0.304. The Hall–Kier alpha value is -2.69. The van der Waals surface area contributed by atoms with Crippen molar-refractivity contribution in [2.75, 3.05) is 6.54 Å². The first kappa shape index (κ1) is 26.3. The molecular weight excluding hydrogens is 382 g/mol. The lowest BCUT2D eigenvalue weighted by Gasteiger charge is -2.27. The van der Waals surface area contributed by atoms with E-state index in [4.69, 9.17) is 16.6 Å². The van der Waals surface area contributed by atoms with Crippen molar-refractivity contribution in [1.29, 1.82) is 0 Å².